The second-order valence-corrected chi connectivity index (χ2v) is 23.0. The van der Waals surface area contributed by atoms with Crippen LogP contribution >= 0.6 is 12.4 Å². The van der Waals surface area contributed by atoms with Gasteiger partial charge in [0.2, 0.25) is 0 Å². The molecule has 0 unspecified atom stereocenters. The molecule has 0 saturated carbocycles. The summed E-state index contributed by atoms with van der Waals surface area (Å²) >= 11 is 0. The fraction of sp³-hybridized carbons (Fsp3) is 0.562. The third kappa shape index (κ3) is 24.9. The zero-order valence-electron chi connectivity index (χ0n) is 49.9. The zero-order chi connectivity index (χ0) is 60.3. The van der Waals surface area contributed by atoms with Gasteiger partial charge in [-0.25, -0.2) is 0 Å². The van der Waals surface area contributed by atoms with E-state index >= 15 is 0 Å². The Morgan fingerprint density at radius 3 is 1.24 bits per heavy atom. The number of methoxy groups -OCH3 is 3. The number of carbonyl (C=O) groups excluding carboxylic acids is 3. The summed E-state index contributed by atoms with van der Waals surface area (Å²) in [7, 11) is 4.19. The minimum atomic E-state index is -0.883. The van der Waals surface area contributed by atoms with Crippen LogP contribution in [0.3, 0.4) is 0 Å². The van der Waals surface area contributed by atoms with Gasteiger partial charge in [0.15, 0.2) is 0 Å². The van der Waals surface area contributed by atoms with Gasteiger partial charge < -0.3 is 55.5 Å². The summed E-state index contributed by atoms with van der Waals surface area (Å²) < 4.78 is 14.1. The van der Waals surface area contributed by atoms with Gasteiger partial charge in [0.05, 0.1) is 52.4 Å². The van der Waals surface area contributed by atoms with Gasteiger partial charge in [0.25, 0.3) is 0 Å². The highest BCUT2D eigenvalue weighted by Gasteiger charge is 2.37. The lowest BCUT2D eigenvalue weighted by Gasteiger charge is -2.34. The molecule has 4 aromatic carbocycles. The molecule has 466 valence electrons. The number of rotatable bonds is 13. The fourth-order valence-electron chi connectivity index (χ4n) is 11.5. The highest BCUT2D eigenvalue weighted by Crippen LogP contribution is 2.27. The molecule has 10 rings (SSSR count). The molecule has 6 aliphatic rings. The summed E-state index contributed by atoms with van der Waals surface area (Å²) in [4.78, 5) is 53.1. The third-order valence-electron chi connectivity index (χ3n) is 15.5. The number of halogens is 1. The van der Waals surface area contributed by atoms with E-state index in [-0.39, 0.29) is 61.2 Å². The van der Waals surface area contributed by atoms with Gasteiger partial charge in [-0.05, 0) is 59.3 Å². The topological polar surface area (TPSA) is 254 Å². The van der Waals surface area contributed by atoms with E-state index in [1.54, 1.807) is 0 Å². The molecular formula is C64H95ClN6O13. The van der Waals surface area contributed by atoms with Crippen LogP contribution in [0.5, 0.6) is 0 Å². The number of carboxylic acids is 1. The van der Waals surface area contributed by atoms with Gasteiger partial charge in [0, 0.05) is 97.3 Å². The predicted molar refractivity (Wildman–Crippen MR) is 324 cm³/mol. The van der Waals surface area contributed by atoms with Crippen molar-refractivity contribution in [1.82, 2.24) is 30.2 Å². The molecule has 0 bridgehead atoms. The molecule has 0 aliphatic carbocycles. The van der Waals surface area contributed by atoms with Crippen molar-refractivity contribution in [3.8, 4) is 0 Å². The monoisotopic (exact) mass is 1190 g/mol. The Morgan fingerprint density at radius 1 is 0.452 bits per heavy atom. The first-order valence-corrected chi connectivity index (χ1v) is 29.2. The average Bonchev–Trinajstić information content (AvgIpc) is 4.45. The average molecular weight is 1190 g/mol. The number of aliphatic hydroxyl groups excluding tert-OH is 5. The molecule has 6 fully saturated rings. The van der Waals surface area contributed by atoms with Crippen molar-refractivity contribution in [3.05, 3.63) is 144 Å². The normalized spacial score (nSPS) is 27.4. The lowest BCUT2D eigenvalue weighted by atomic mass is 9.97. The molecule has 12 atom stereocenters. The largest absolute Gasteiger partial charge is 0.480 e. The van der Waals surface area contributed by atoms with Crippen LogP contribution in [0.25, 0.3) is 0 Å². The van der Waals surface area contributed by atoms with Crippen molar-refractivity contribution in [2.75, 3.05) is 73.7 Å². The minimum absolute atomic E-state index is 0. The molecule has 84 heavy (non-hydrogen) atoms. The van der Waals surface area contributed by atoms with E-state index in [2.05, 4.69) is 112 Å². The lowest BCUT2D eigenvalue weighted by molar-refractivity contribution is -0.146. The SMILES string of the molecule is COC(=O)[C@H]1C[C@@H](C)CN1Cc1ccccc1.COC(=O)[C@H]1C[C@@H](O)CN1.COC(=O)[C@H]1C[C@@H](O)CN1Cc1ccccc1.C[C@@H]1C[C@H](CO)N(Cc2ccccc2)C1.C[C@@H]1C[C@H](O)CN(Cc2ccccc2)C1.Cl.O=C(O)[C@H]1C[C@@H](O)CN1. The van der Waals surface area contributed by atoms with Gasteiger partial charge in [-0.1, -0.05) is 142 Å². The smallest absolute Gasteiger partial charge is 0.323 e. The Balaban J connectivity index is 0.000000219. The van der Waals surface area contributed by atoms with Crippen LogP contribution in [0, 0.1) is 17.8 Å². The van der Waals surface area contributed by atoms with Crippen LogP contribution in [0.4, 0.5) is 0 Å². The Morgan fingerprint density at radius 2 is 0.833 bits per heavy atom. The summed E-state index contributed by atoms with van der Waals surface area (Å²) in [5.74, 6) is 0.331. The Labute approximate surface area is 503 Å². The number of carbonyl (C=O) groups is 4. The molecule has 0 amide bonds. The van der Waals surface area contributed by atoms with E-state index in [1.807, 2.05) is 65.6 Å². The lowest BCUT2D eigenvalue weighted by Crippen LogP contribution is -2.41. The molecule has 6 saturated heterocycles. The van der Waals surface area contributed by atoms with Gasteiger partial charge in [-0.3, -0.25) is 38.8 Å². The predicted octanol–water partition coefficient (Wildman–Crippen LogP) is 4.74. The number of aliphatic carboxylic acids is 1. The first-order chi connectivity index (χ1) is 39.9. The van der Waals surface area contributed by atoms with Crippen LogP contribution in [0.1, 0.15) is 81.5 Å². The number of carboxylic acid groups (broad SMARTS) is 1. The highest BCUT2D eigenvalue weighted by molar-refractivity contribution is 5.85. The molecule has 20 heteroatoms. The zero-order valence-corrected chi connectivity index (χ0v) is 50.8. The molecule has 8 N–H and O–H groups in total. The molecule has 0 aromatic heterocycles. The van der Waals surface area contributed by atoms with Gasteiger partial charge in [0.1, 0.15) is 24.2 Å². The standard InChI is InChI=1S/C14H19NO2.C13H17NO3.2C13H19NO.C6H11NO3.C5H9NO3.ClH/c1-11-8-13(14(16)17-2)15(9-11)10-12-6-4-3-5-7-12;1-17-13(16)12-7-11(15)9-14(12)8-10-5-3-2-4-6-10;1-11-7-13(10-15)14(8-11)9-12-5-3-2-4-6-12;1-11-7-13(15)10-14(8-11)9-12-5-3-2-4-6-12;1-10-6(9)5-2-4(8)3-7-5;7-3-1-4(5(8)9)6-2-3;/h3-7,11,13H,8-10H2,1-2H3;2-6,11-12,15H,7-9H2,1H3;2*2-6,11,13,15H,7-10H2,1H3;4-5,7-8H,2-3H2,1H3;3-4,6-7H,1-2H2,(H,8,9);1H/t11-,13-;11-,12-;11-,13-;11-,13+;4-,5-;3-,4-;/m111111./s1. The van der Waals surface area contributed by atoms with Gasteiger partial charge in [-0.2, -0.15) is 0 Å². The summed E-state index contributed by atoms with van der Waals surface area (Å²) in [5.41, 5.74) is 5.05. The number of ether oxygens (including phenoxy) is 3. The molecule has 0 radical (unpaired) electrons. The number of hydrogen-bond donors (Lipinski definition) is 8. The fourth-order valence-corrected chi connectivity index (χ4v) is 11.5. The number of esters is 3. The number of nitrogens with one attached hydrogen (secondary N) is 2. The first kappa shape index (κ1) is 71.1. The summed E-state index contributed by atoms with van der Waals surface area (Å²) in [6, 6.07) is 40.2. The second kappa shape index (κ2) is 37.9. The molecule has 19 nitrogen and oxygen atoms in total. The Bertz CT molecular complexity index is 2390. The van der Waals surface area contributed by atoms with Crippen LogP contribution in [-0.4, -0.2) is 202 Å². The van der Waals surface area contributed by atoms with E-state index in [0.29, 0.717) is 69.2 Å². The maximum absolute atomic E-state index is 11.7. The Kier molecular flexibility index (Phi) is 32.1. The molecule has 6 aliphatic heterocycles. The molecule has 4 aromatic rings. The number of β-amino-alcohol motifs (C(OH)–C–C–N with tert-alkyl or cyclic N) is 4. The summed E-state index contributed by atoms with van der Waals surface area (Å²) in [6.45, 7) is 15.8. The van der Waals surface area contributed by atoms with Crippen molar-refractivity contribution < 1.29 is 64.0 Å². The van der Waals surface area contributed by atoms with Crippen molar-refractivity contribution >= 4 is 36.3 Å². The molecule has 6 heterocycles. The van der Waals surface area contributed by atoms with Crippen molar-refractivity contribution in [3.63, 3.8) is 0 Å². The van der Waals surface area contributed by atoms with Crippen molar-refractivity contribution in [1.29, 1.82) is 0 Å². The second-order valence-electron chi connectivity index (χ2n) is 23.0. The number of hydrogen-bond acceptors (Lipinski definition) is 18. The quantitative estimate of drug-likeness (QED) is 0.0665. The van der Waals surface area contributed by atoms with E-state index in [4.69, 9.17) is 24.8 Å². The van der Waals surface area contributed by atoms with E-state index in [9.17, 15) is 34.5 Å². The Hall–Kier alpha value is -5.39. The van der Waals surface area contributed by atoms with E-state index < -0.39 is 30.3 Å². The number of piperidine rings is 1. The van der Waals surface area contributed by atoms with Crippen LogP contribution in [0.15, 0.2) is 121 Å². The van der Waals surface area contributed by atoms with Gasteiger partial charge >= 0.3 is 23.9 Å². The minimum Gasteiger partial charge on any atom is -0.480 e. The van der Waals surface area contributed by atoms with Crippen molar-refractivity contribution in [2.45, 2.75) is 140 Å². The molecular weight excluding hydrogens is 1100 g/mol. The van der Waals surface area contributed by atoms with Crippen LogP contribution < -0.4 is 10.6 Å². The third-order valence-corrected chi connectivity index (χ3v) is 15.5. The number of nitrogens with zero attached hydrogens (tertiary/aromatic N) is 4. The number of benzene rings is 4. The number of aliphatic hydroxyl groups is 5. The van der Waals surface area contributed by atoms with E-state index in [0.717, 1.165) is 70.6 Å². The van der Waals surface area contributed by atoms with E-state index in [1.165, 1.54) is 38.0 Å². The summed E-state index contributed by atoms with van der Waals surface area (Å²) in [6.07, 6.45) is 2.77. The maximum Gasteiger partial charge on any atom is 0.323 e. The van der Waals surface area contributed by atoms with Crippen molar-refractivity contribution in [2.24, 2.45) is 17.8 Å². The maximum atomic E-state index is 11.7. The summed E-state index contributed by atoms with van der Waals surface area (Å²) in [5, 5.41) is 60.3. The first-order valence-electron chi connectivity index (χ1n) is 29.2. The van der Waals surface area contributed by atoms with Crippen LogP contribution in [-0.2, 0) is 59.6 Å². The molecule has 0 spiro atoms. The number of likely N-dealkylation sites (tertiary alicyclic amines) is 4. The van der Waals surface area contributed by atoms with Crippen LogP contribution in [0.2, 0.25) is 0 Å². The van der Waals surface area contributed by atoms with Gasteiger partial charge in [-0.15, -0.1) is 12.4 Å². The highest BCUT2D eigenvalue weighted by atomic mass is 35.5.